The number of nitrogens with one attached hydrogen (secondary N) is 1. The SMILES string of the molecule is CCCC[C@H](NC(=O)OCc1ccccc1)C(=O)Oc1cc(C)cc2oc(=O)cc(CCC)c12. The van der Waals surface area contributed by atoms with Gasteiger partial charge in [0.1, 0.15) is 24.0 Å². The first-order chi connectivity index (χ1) is 16.4. The second-order valence-corrected chi connectivity index (χ2v) is 8.30. The summed E-state index contributed by atoms with van der Waals surface area (Å²) in [4.78, 5) is 37.5. The van der Waals surface area contributed by atoms with Gasteiger partial charge in [0.05, 0.1) is 5.39 Å². The fraction of sp³-hybridized carbons (Fsp3) is 0.370. The van der Waals surface area contributed by atoms with Gasteiger partial charge in [-0.15, -0.1) is 0 Å². The molecule has 0 spiro atoms. The number of carbonyl (C=O) groups excluding carboxylic acids is 2. The van der Waals surface area contributed by atoms with Gasteiger partial charge in [-0.1, -0.05) is 63.4 Å². The first kappa shape index (κ1) is 25.0. The molecular formula is C27H31NO6. The van der Waals surface area contributed by atoms with Crippen LogP contribution in [0.15, 0.2) is 57.7 Å². The van der Waals surface area contributed by atoms with Gasteiger partial charge in [-0.25, -0.2) is 14.4 Å². The molecule has 1 atom stereocenters. The standard InChI is InChI=1S/C27H31NO6/c1-4-6-13-21(28-27(31)32-17-19-11-8-7-9-12-19)26(30)34-23-15-18(3)14-22-25(23)20(10-5-2)16-24(29)33-22/h7-9,11-12,14-16,21H,4-6,10,13,17H2,1-3H3,(H,28,31)/t21-/m0/s1. The molecule has 7 heteroatoms. The first-order valence-corrected chi connectivity index (χ1v) is 11.7. The van der Waals surface area contributed by atoms with Crippen molar-refractivity contribution in [3.05, 3.63) is 75.6 Å². The van der Waals surface area contributed by atoms with Gasteiger partial charge in [0.25, 0.3) is 0 Å². The number of alkyl carbamates (subject to hydrolysis) is 1. The highest BCUT2D eigenvalue weighted by Gasteiger charge is 2.25. The fourth-order valence-corrected chi connectivity index (χ4v) is 3.76. The van der Waals surface area contributed by atoms with Crippen LogP contribution in [0, 0.1) is 6.92 Å². The molecular weight excluding hydrogens is 434 g/mol. The van der Waals surface area contributed by atoms with E-state index in [1.165, 1.54) is 6.07 Å². The maximum Gasteiger partial charge on any atom is 0.408 e. The van der Waals surface area contributed by atoms with Crippen LogP contribution in [-0.4, -0.2) is 18.1 Å². The van der Waals surface area contributed by atoms with Crippen molar-refractivity contribution < 1.29 is 23.5 Å². The molecule has 0 unspecified atom stereocenters. The van der Waals surface area contributed by atoms with Crippen LogP contribution in [0.2, 0.25) is 0 Å². The lowest BCUT2D eigenvalue weighted by molar-refractivity contribution is -0.136. The normalized spacial score (nSPS) is 11.7. The van der Waals surface area contributed by atoms with Crippen molar-refractivity contribution >= 4 is 23.0 Å². The van der Waals surface area contributed by atoms with Gasteiger partial charge in [-0.2, -0.15) is 0 Å². The molecule has 3 rings (SSSR count). The zero-order valence-corrected chi connectivity index (χ0v) is 19.9. The highest BCUT2D eigenvalue weighted by Crippen LogP contribution is 2.31. The summed E-state index contributed by atoms with van der Waals surface area (Å²) in [5, 5.41) is 3.24. The lowest BCUT2D eigenvalue weighted by Crippen LogP contribution is -2.43. The highest BCUT2D eigenvalue weighted by molar-refractivity contribution is 5.91. The lowest BCUT2D eigenvalue weighted by Gasteiger charge is -2.18. The number of hydrogen-bond donors (Lipinski definition) is 1. The summed E-state index contributed by atoms with van der Waals surface area (Å²) in [6.07, 6.45) is 2.75. The Hall–Kier alpha value is -3.61. The molecule has 0 aliphatic heterocycles. The van der Waals surface area contributed by atoms with E-state index in [-0.39, 0.29) is 6.61 Å². The van der Waals surface area contributed by atoms with Crippen molar-refractivity contribution in [1.29, 1.82) is 0 Å². The summed E-state index contributed by atoms with van der Waals surface area (Å²) in [5.74, 6) is -0.279. The molecule has 0 bridgehead atoms. The number of esters is 1. The van der Waals surface area contributed by atoms with Gasteiger partial charge < -0.3 is 19.2 Å². The van der Waals surface area contributed by atoms with E-state index in [2.05, 4.69) is 5.32 Å². The second kappa shape index (κ2) is 12.0. The quantitative estimate of drug-likeness (QED) is 0.243. The van der Waals surface area contributed by atoms with Crippen LogP contribution in [0.5, 0.6) is 5.75 Å². The summed E-state index contributed by atoms with van der Waals surface area (Å²) in [7, 11) is 0. The van der Waals surface area contributed by atoms with Crippen LogP contribution in [0.3, 0.4) is 0 Å². The number of rotatable bonds is 10. The number of unbranched alkanes of at least 4 members (excludes halogenated alkanes) is 1. The molecule has 1 amide bonds. The zero-order valence-electron chi connectivity index (χ0n) is 19.9. The highest BCUT2D eigenvalue weighted by atomic mass is 16.6. The topological polar surface area (TPSA) is 94.8 Å². The third kappa shape index (κ3) is 6.70. The third-order valence-corrected chi connectivity index (χ3v) is 5.40. The summed E-state index contributed by atoms with van der Waals surface area (Å²) in [5.41, 5.74) is 2.33. The molecule has 0 fully saturated rings. The van der Waals surface area contributed by atoms with Crippen molar-refractivity contribution in [3.8, 4) is 5.75 Å². The van der Waals surface area contributed by atoms with Crippen molar-refractivity contribution in [2.75, 3.05) is 0 Å². The Bertz CT molecular complexity index is 1180. The minimum atomic E-state index is -0.871. The van der Waals surface area contributed by atoms with E-state index >= 15 is 0 Å². The fourth-order valence-electron chi connectivity index (χ4n) is 3.76. The smallest absolute Gasteiger partial charge is 0.408 e. The van der Waals surface area contributed by atoms with E-state index < -0.39 is 23.7 Å². The molecule has 180 valence electrons. The van der Waals surface area contributed by atoms with E-state index in [9.17, 15) is 14.4 Å². The van der Waals surface area contributed by atoms with Crippen molar-refractivity contribution in [2.45, 2.75) is 65.5 Å². The van der Waals surface area contributed by atoms with Crippen LogP contribution in [0.1, 0.15) is 56.2 Å². The van der Waals surface area contributed by atoms with E-state index in [1.807, 2.05) is 51.1 Å². The molecule has 2 aromatic carbocycles. The average molecular weight is 466 g/mol. The van der Waals surface area contributed by atoms with Crippen molar-refractivity contribution in [2.24, 2.45) is 0 Å². The van der Waals surface area contributed by atoms with Crippen molar-refractivity contribution in [3.63, 3.8) is 0 Å². The van der Waals surface area contributed by atoms with Gasteiger partial charge in [-0.3, -0.25) is 0 Å². The van der Waals surface area contributed by atoms with Crippen LogP contribution in [0.25, 0.3) is 11.0 Å². The molecule has 0 saturated carbocycles. The van der Waals surface area contributed by atoms with Gasteiger partial charge >= 0.3 is 17.7 Å². The number of amides is 1. The Balaban J connectivity index is 1.80. The van der Waals surface area contributed by atoms with Crippen LogP contribution in [-0.2, 0) is 22.6 Å². The molecule has 7 nitrogen and oxygen atoms in total. The van der Waals surface area contributed by atoms with Gasteiger partial charge in [0.2, 0.25) is 0 Å². The van der Waals surface area contributed by atoms with Crippen LogP contribution < -0.4 is 15.7 Å². The predicted octanol–water partition coefficient (Wildman–Crippen LogP) is 5.44. The monoisotopic (exact) mass is 465 g/mol. The minimum Gasteiger partial charge on any atom is -0.445 e. The van der Waals surface area contributed by atoms with E-state index in [4.69, 9.17) is 13.9 Å². The van der Waals surface area contributed by atoms with Crippen LogP contribution >= 0.6 is 0 Å². The zero-order chi connectivity index (χ0) is 24.5. The number of fused-ring (bicyclic) bond motifs is 1. The third-order valence-electron chi connectivity index (χ3n) is 5.40. The van der Waals surface area contributed by atoms with E-state index in [1.54, 1.807) is 12.1 Å². The summed E-state index contributed by atoms with van der Waals surface area (Å²) in [6.45, 7) is 5.94. The number of aryl methyl sites for hydroxylation is 2. The Morgan fingerprint density at radius 3 is 2.53 bits per heavy atom. The number of benzene rings is 2. The first-order valence-electron chi connectivity index (χ1n) is 11.7. The molecule has 3 aromatic rings. The molecule has 1 N–H and O–H groups in total. The maximum absolute atomic E-state index is 13.1. The Morgan fingerprint density at radius 2 is 1.82 bits per heavy atom. The average Bonchev–Trinajstić information content (AvgIpc) is 2.80. The largest absolute Gasteiger partial charge is 0.445 e. The Morgan fingerprint density at radius 1 is 1.06 bits per heavy atom. The lowest BCUT2D eigenvalue weighted by atomic mass is 10.0. The summed E-state index contributed by atoms with van der Waals surface area (Å²) >= 11 is 0. The molecule has 0 radical (unpaired) electrons. The minimum absolute atomic E-state index is 0.101. The molecule has 1 aromatic heterocycles. The van der Waals surface area contributed by atoms with Gasteiger partial charge in [-0.05, 0) is 48.6 Å². The molecule has 0 aliphatic rings. The number of ether oxygens (including phenoxy) is 2. The number of hydrogen-bond acceptors (Lipinski definition) is 6. The molecule has 0 aliphatic carbocycles. The second-order valence-electron chi connectivity index (χ2n) is 8.30. The van der Waals surface area contributed by atoms with Crippen LogP contribution in [0.4, 0.5) is 4.79 Å². The van der Waals surface area contributed by atoms with E-state index in [0.29, 0.717) is 29.6 Å². The Labute approximate surface area is 199 Å². The summed E-state index contributed by atoms with van der Waals surface area (Å²) in [6, 6.07) is 13.4. The van der Waals surface area contributed by atoms with Gasteiger partial charge in [0, 0.05) is 6.07 Å². The summed E-state index contributed by atoms with van der Waals surface area (Å²) < 4.78 is 16.5. The Kier molecular flexibility index (Phi) is 8.85. The number of carbonyl (C=O) groups is 2. The molecule has 1 heterocycles. The van der Waals surface area contributed by atoms with E-state index in [0.717, 1.165) is 36.0 Å². The predicted molar refractivity (Wildman–Crippen MR) is 130 cm³/mol. The molecule has 0 saturated heterocycles. The van der Waals surface area contributed by atoms with Gasteiger partial charge in [0.15, 0.2) is 0 Å². The molecule has 34 heavy (non-hydrogen) atoms. The maximum atomic E-state index is 13.1. The van der Waals surface area contributed by atoms with Crippen molar-refractivity contribution in [1.82, 2.24) is 5.32 Å².